The van der Waals surface area contributed by atoms with Crippen molar-refractivity contribution in [1.29, 1.82) is 0 Å². The third kappa shape index (κ3) is 3.72. The minimum absolute atomic E-state index is 0.0918. The summed E-state index contributed by atoms with van der Waals surface area (Å²) in [5, 5.41) is 15.0. The van der Waals surface area contributed by atoms with Crippen molar-refractivity contribution in [3.63, 3.8) is 0 Å². The van der Waals surface area contributed by atoms with Gasteiger partial charge >= 0.3 is 0 Å². The molecule has 0 aliphatic carbocycles. The van der Waals surface area contributed by atoms with Gasteiger partial charge in [0.05, 0.1) is 0 Å². The van der Waals surface area contributed by atoms with Gasteiger partial charge in [-0.3, -0.25) is 10.1 Å². The normalized spacial score (nSPS) is 11.3. The first-order valence-corrected chi connectivity index (χ1v) is 7.30. The summed E-state index contributed by atoms with van der Waals surface area (Å²) in [6, 6.07) is 1.63. The van der Waals surface area contributed by atoms with Crippen molar-refractivity contribution < 1.29 is 4.79 Å². The first-order valence-electron chi connectivity index (χ1n) is 6.48. The summed E-state index contributed by atoms with van der Waals surface area (Å²) in [7, 11) is 1.71. The van der Waals surface area contributed by atoms with Crippen LogP contribution >= 0.6 is 11.3 Å². The molecule has 7 nitrogen and oxygen atoms in total. The van der Waals surface area contributed by atoms with Crippen LogP contribution in [0.5, 0.6) is 0 Å². The lowest BCUT2D eigenvalue weighted by atomic mass is 9.98. The molecule has 0 aliphatic rings. The van der Waals surface area contributed by atoms with Crippen LogP contribution in [0, 0.1) is 6.92 Å². The molecule has 2 rings (SSSR count). The molecule has 2 aromatic rings. The van der Waals surface area contributed by atoms with E-state index in [2.05, 4.69) is 30.8 Å². The van der Waals surface area contributed by atoms with Gasteiger partial charge in [-0.2, -0.15) is 0 Å². The lowest BCUT2D eigenvalue weighted by Gasteiger charge is -2.12. The van der Waals surface area contributed by atoms with E-state index in [1.807, 2.05) is 27.7 Å². The molecule has 0 aliphatic heterocycles. The Bertz CT molecular complexity index is 661. The van der Waals surface area contributed by atoms with Crippen molar-refractivity contribution in [2.24, 2.45) is 0 Å². The van der Waals surface area contributed by atoms with Crippen molar-refractivity contribution in [3.05, 3.63) is 22.5 Å². The fraction of sp³-hybridized carbons (Fsp3) is 0.462. The second kappa shape index (κ2) is 5.72. The quantitative estimate of drug-likeness (QED) is 0.903. The number of rotatable bonds is 3. The first kappa shape index (κ1) is 15.3. The third-order valence-electron chi connectivity index (χ3n) is 2.60. The van der Waals surface area contributed by atoms with Crippen LogP contribution in [0.25, 0.3) is 0 Å². The summed E-state index contributed by atoms with van der Waals surface area (Å²) < 4.78 is 0. The Morgan fingerprint density at radius 1 is 1.24 bits per heavy atom. The van der Waals surface area contributed by atoms with Crippen LogP contribution < -0.4 is 10.6 Å². The largest absolute Gasteiger partial charge is 0.357 e. The Kier molecular flexibility index (Phi) is 4.17. The smallest absolute Gasteiger partial charge is 0.276 e. The summed E-state index contributed by atoms with van der Waals surface area (Å²) in [6.07, 6.45) is 0. The number of nitrogens with one attached hydrogen (secondary N) is 2. The number of nitrogens with zero attached hydrogens (tertiary/aromatic N) is 4. The van der Waals surface area contributed by atoms with Crippen molar-refractivity contribution in [2.45, 2.75) is 33.1 Å². The molecular formula is C13H18N6OS. The summed E-state index contributed by atoms with van der Waals surface area (Å²) >= 11 is 1.36. The van der Waals surface area contributed by atoms with Crippen LogP contribution in [-0.4, -0.2) is 33.1 Å². The lowest BCUT2D eigenvalue weighted by Crippen LogP contribution is -2.15. The predicted octanol–water partition coefficient (Wildman–Crippen LogP) is 2.23. The predicted molar refractivity (Wildman–Crippen MR) is 82.9 cm³/mol. The maximum Gasteiger partial charge on any atom is 0.276 e. The highest BCUT2D eigenvalue weighted by atomic mass is 32.1. The van der Waals surface area contributed by atoms with Gasteiger partial charge in [0, 0.05) is 18.2 Å². The molecule has 112 valence electrons. The fourth-order valence-electron chi connectivity index (χ4n) is 1.53. The molecule has 0 saturated heterocycles. The topological polar surface area (TPSA) is 92.7 Å². The van der Waals surface area contributed by atoms with E-state index in [4.69, 9.17) is 0 Å². The Hall–Kier alpha value is -2.09. The standard InChI is InChI=1S/C13H18N6OS/c1-7-6-8(16-11(14-5)15-7)9(20)17-12-19-18-10(21-12)13(2,3)4/h6H,1-5H3,(H,14,15,16)(H,17,19,20). The summed E-state index contributed by atoms with van der Waals surface area (Å²) in [6.45, 7) is 7.95. The molecule has 0 fully saturated rings. The van der Waals surface area contributed by atoms with Crippen LogP contribution in [0.15, 0.2) is 6.07 Å². The molecule has 2 N–H and O–H groups in total. The zero-order valence-electron chi connectivity index (χ0n) is 12.7. The van der Waals surface area contributed by atoms with Gasteiger partial charge in [-0.05, 0) is 13.0 Å². The minimum atomic E-state index is -0.325. The monoisotopic (exact) mass is 306 g/mol. The number of hydrogen-bond donors (Lipinski definition) is 2. The van der Waals surface area contributed by atoms with Gasteiger partial charge in [0.2, 0.25) is 11.1 Å². The van der Waals surface area contributed by atoms with E-state index >= 15 is 0 Å². The molecule has 0 atom stereocenters. The summed E-state index contributed by atoms with van der Waals surface area (Å²) in [4.78, 5) is 20.5. The molecule has 0 aromatic carbocycles. The van der Waals surface area contributed by atoms with Crippen LogP contribution in [0.4, 0.5) is 11.1 Å². The van der Waals surface area contributed by atoms with E-state index in [1.165, 1.54) is 11.3 Å². The van der Waals surface area contributed by atoms with E-state index in [9.17, 15) is 4.79 Å². The second-order valence-electron chi connectivity index (χ2n) is 5.58. The van der Waals surface area contributed by atoms with E-state index in [0.717, 1.165) is 5.01 Å². The second-order valence-corrected chi connectivity index (χ2v) is 6.56. The minimum Gasteiger partial charge on any atom is -0.357 e. The average molecular weight is 306 g/mol. The van der Waals surface area contributed by atoms with Crippen molar-refractivity contribution in [2.75, 3.05) is 17.7 Å². The average Bonchev–Trinajstić information content (AvgIpc) is 2.86. The van der Waals surface area contributed by atoms with Gasteiger partial charge in [0.25, 0.3) is 5.91 Å². The summed E-state index contributed by atoms with van der Waals surface area (Å²) in [5.74, 6) is 0.0846. The molecule has 1 amide bonds. The number of carbonyl (C=O) groups is 1. The molecule has 0 unspecified atom stereocenters. The van der Waals surface area contributed by atoms with Gasteiger partial charge in [0.1, 0.15) is 10.7 Å². The Morgan fingerprint density at radius 3 is 2.52 bits per heavy atom. The molecule has 21 heavy (non-hydrogen) atoms. The highest BCUT2D eigenvalue weighted by Crippen LogP contribution is 2.27. The molecule has 2 heterocycles. The zero-order valence-corrected chi connectivity index (χ0v) is 13.5. The maximum atomic E-state index is 12.2. The van der Waals surface area contributed by atoms with Crippen molar-refractivity contribution in [3.8, 4) is 0 Å². The van der Waals surface area contributed by atoms with E-state index in [1.54, 1.807) is 13.1 Å². The number of anilines is 2. The van der Waals surface area contributed by atoms with Crippen LogP contribution in [0.3, 0.4) is 0 Å². The first-order chi connectivity index (χ1) is 9.79. The van der Waals surface area contributed by atoms with E-state index in [-0.39, 0.29) is 11.3 Å². The maximum absolute atomic E-state index is 12.2. The lowest BCUT2D eigenvalue weighted by molar-refractivity contribution is 0.102. The van der Waals surface area contributed by atoms with Crippen LogP contribution in [-0.2, 0) is 5.41 Å². The van der Waals surface area contributed by atoms with Gasteiger partial charge < -0.3 is 5.32 Å². The van der Waals surface area contributed by atoms with Crippen LogP contribution in [0.1, 0.15) is 42.0 Å². The molecule has 0 spiro atoms. The Balaban J connectivity index is 2.18. The molecule has 8 heteroatoms. The van der Waals surface area contributed by atoms with Crippen molar-refractivity contribution in [1.82, 2.24) is 20.2 Å². The van der Waals surface area contributed by atoms with Gasteiger partial charge in [-0.15, -0.1) is 10.2 Å². The SMILES string of the molecule is CNc1nc(C)cc(C(=O)Nc2nnc(C(C)(C)C)s2)n1. The van der Waals surface area contributed by atoms with E-state index < -0.39 is 0 Å². The molecule has 2 aromatic heterocycles. The number of aryl methyl sites for hydroxylation is 1. The molecule has 0 bridgehead atoms. The number of amides is 1. The van der Waals surface area contributed by atoms with E-state index in [0.29, 0.717) is 22.5 Å². The number of aromatic nitrogens is 4. The third-order valence-corrected chi connectivity index (χ3v) is 3.86. The molecule has 0 radical (unpaired) electrons. The Morgan fingerprint density at radius 2 is 1.95 bits per heavy atom. The van der Waals surface area contributed by atoms with Crippen molar-refractivity contribution >= 4 is 28.3 Å². The highest BCUT2D eigenvalue weighted by Gasteiger charge is 2.20. The van der Waals surface area contributed by atoms with Gasteiger partial charge in [-0.25, -0.2) is 9.97 Å². The fourth-order valence-corrected chi connectivity index (χ4v) is 2.33. The number of hydrogen-bond acceptors (Lipinski definition) is 7. The number of carbonyl (C=O) groups excluding carboxylic acids is 1. The highest BCUT2D eigenvalue weighted by molar-refractivity contribution is 7.15. The zero-order chi connectivity index (χ0) is 15.6. The Labute approximate surface area is 127 Å². The van der Waals surface area contributed by atoms with Crippen LogP contribution in [0.2, 0.25) is 0 Å². The molecule has 0 saturated carbocycles. The van der Waals surface area contributed by atoms with Gasteiger partial charge in [-0.1, -0.05) is 32.1 Å². The molecular weight excluding hydrogens is 288 g/mol. The summed E-state index contributed by atoms with van der Waals surface area (Å²) in [5.41, 5.74) is 0.914. The van der Waals surface area contributed by atoms with Gasteiger partial charge in [0.15, 0.2) is 0 Å².